The van der Waals surface area contributed by atoms with Crippen molar-refractivity contribution in [2.45, 2.75) is 29.9 Å². The van der Waals surface area contributed by atoms with Crippen LogP contribution in [0.1, 0.15) is 24.1 Å². The molecule has 124 valence electrons. The van der Waals surface area contributed by atoms with Crippen LogP contribution in [0.25, 0.3) is 0 Å². The molecule has 8 heteroatoms. The highest BCUT2D eigenvalue weighted by atomic mass is 32.2. The van der Waals surface area contributed by atoms with Crippen LogP contribution in [-0.2, 0) is 26.0 Å². The summed E-state index contributed by atoms with van der Waals surface area (Å²) >= 11 is 1.18. The maximum absolute atomic E-state index is 12.4. The van der Waals surface area contributed by atoms with Crippen LogP contribution in [0.2, 0.25) is 0 Å². The predicted molar refractivity (Wildman–Crippen MR) is 85.5 cm³/mol. The van der Waals surface area contributed by atoms with Gasteiger partial charge < -0.3 is 10.1 Å². The Morgan fingerprint density at radius 2 is 2.09 bits per heavy atom. The van der Waals surface area contributed by atoms with Gasteiger partial charge in [-0.25, -0.2) is 8.42 Å². The van der Waals surface area contributed by atoms with Crippen molar-refractivity contribution < 1.29 is 17.9 Å². The maximum atomic E-state index is 12.4. The van der Waals surface area contributed by atoms with Crippen LogP contribution in [-0.4, -0.2) is 52.0 Å². The summed E-state index contributed by atoms with van der Waals surface area (Å²) in [6, 6.07) is 3.33. The molecule has 1 aliphatic heterocycles. The number of carbonyl (C=O) groups is 1. The number of thiophene rings is 1. The number of carbonyl (C=O) groups excluding carboxylic acids is 1. The van der Waals surface area contributed by atoms with Gasteiger partial charge in [-0.3, -0.25) is 4.79 Å². The van der Waals surface area contributed by atoms with Crippen LogP contribution in [0.5, 0.6) is 0 Å². The Kier molecular flexibility index (Phi) is 6.37. The zero-order chi connectivity index (χ0) is 16.0. The van der Waals surface area contributed by atoms with E-state index < -0.39 is 10.0 Å². The summed E-state index contributed by atoms with van der Waals surface area (Å²) in [6.07, 6.45) is 2.82. The summed E-state index contributed by atoms with van der Waals surface area (Å²) in [5, 5.41) is 2.80. The molecular weight excluding hydrogens is 324 g/mol. The van der Waals surface area contributed by atoms with Crippen LogP contribution < -0.4 is 5.32 Å². The number of nitrogens with one attached hydrogen (secondary N) is 1. The minimum atomic E-state index is -3.37. The molecule has 22 heavy (non-hydrogen) atoms. The van der Waals surface area contributed by atoms with Gasteiger partial charge in [0.2, 0.25) is 5.91 Å². The second-order valence-electron chi connectivity index (χ2n) is 5.21. The lowest BCUT2D eigenvalue weighted by atomic mass is 10.3. The Labute approximate surface area is 135 Å². The zero-order valence-corrected chi connectivity index (χ0v) is 14.3. The number of hydrogen-bond acceptors (Lipinski definition) is 5. The third-order valence-corrected chi connectivity index (χ3v) is 6.93. The molecule has 1 saturated heterocycles. The van der Waals surface area contributed by atoms with E-state index in [1.54, 1.807) is 19.2 Å². The Morgan fingerprint density at radius 3 is 2.77 bits per heavy atom. The van der Waals surface area contributed by atoms with Crippen LogP contribution in [0.15, 0.2) is 16.3 Å². The van der Waals surface area contributed by atoms with Gasteiger partial charge in [-0.05, 0) is 31.4 Å². The monoisotopic (exact) mass is 346 g/mol. The van der Waals surface area contributed by atoms with Crippen LogP contribution >= 0.6 is 11.3 Å². The van der Waals surface area contributed by atoms with E-state index in [4.69, 9.17) is 4.74 Å². The third-order valence-electron chi connectivity index (χ3n) is 3.48. The highest BCUT2D eigenvalue weighted by Gasteiger charge is 2.28. The number of rotatable bonds is 8. The topological polar surface area (TPSA) is 75.7 Å². The van der Waals surface area contributed by atoms with Gasteiger partial charge in [-0.15, -0.1) is 11.3 Å². The van der Waals surface area contributed by atoms with Gasteiger partial charge in [0.05, 0.1) is 6.42 Å². The fraction of sp³-hybridized carbons (Fsp3) is 0.643. The van der Waals surface area contributed by atoms with Gasteiger partial charge in [0.25, 0.3) is 10.0 Å². The number of methoxy groups -OCH3 is 1. The highest BCUT2D eigenvalue weighted by molar-refractivity contribution is 7.91. The lowest BCUT2D eigenvalue weighted by Gasteiger charge is -2.13. The molecule has 0 bridgehead atoms. The first-order chi connectivity index (χ1) is 10.5. The molecule has 0 aromatic carbocycles. The quantitative estimate of drug-likeness (QED) is 0.718. The summed E-state index contributed by atoms with van der Waals surface area (Å²) in [7, 11) is -1.75. The molecular formula is C14H22N2O4S2. The normalized spacial score (nSPS) is 16.0. The standard InChI is InChI=1S/C14H22N2O4S2/c1-20-10-4-7-15-13(17)11-12-5-6-14(21-12)22(18,19)16-8-2-3-9-16/h5-6H,2-4,7-11H2,1H3,(H,15,17). The number of nitrogens with zero attached hydrogens (tertiary/aromatic N) is 1. The molecule has 0 spiro atoms. The molecule has 0 radical (unpaired) electrons. The van der Waals surface area contributed by atoms with Crippen molar-refractivity contribution in [1.29, 1.82) is 0 Å². The summed E-state index contributed by atoms with van der Waals surface area (Å²) in [6.45, 7) is 2.36. The van der Waals surface area contributed by atoms with E-state index in [2.05, 4.69) is 5.32 Å². The Bertz CT molecular complexity index is 592. The molecule has 1 aromatic rings. The van der Waals surface area contributed by atoms with Crippen LogP contribution in [0.3, 0.4) is 0 Å². The van der Waals surface area contributed by atoms with Crippen LogP contribution in [0, 0.1) is 0 Å². The summed E-state index contributed by atoms with van der Waals surface area (Å²) in [5.74, 6) is -0.0944. The Balaban J connectivity index is 1.89. The van der Waals surface area contributed by atoms with Gasteiger partial charge >= 0.3 is 0 Å². The molecule has 1 fully saturated rings. The molecule has 1 N–H and O–H groups in total. The van der Waals surface area contributed by atoms with E-state index in [1.807, 2.05) is 0 Å². The highest BCUT2D eigenvalue weighted by Crippen LogP contribution is 2.27. The van der Waals surface area contributed by atoms with Gasteiger partial charge in [0, 0.05) is 38.2 Å². The number of hydrogen-bond donors (Lipinski definition) is 1. The second kappa shape index (κ2) is 8.05. The van der Waals surface area contributed by atoms with Crippen molar-refractivity contribution in [3.05, 3.63) is 17.0 Å². The molecule has 0 atom stereocenters. The SMILES string of the molecule is COCCCNC(=O)Cc1ccc(S(=O)(=O)N2CCCC2)s1. The van der Waals surface area contributed by atoms with Crippen molar-refractivity contribution in [1.82, 2.24) is 9.62 Å². The molecule has 2 heterocycles. The average molecular weight is 346 g/mol. The molecule has 0 saturated carbocycles. The van der Waals surface area contributed by atoms with Crippen molar-refractivity contribution >= 4 is 27.3 Å². The van der Waals surface area contributed by atoms with E-state index in [9.17, 15) is 13.2 Å². The molecule has 0 unspecified atom stereocenters. The molecule has 0 aliphatic carbocycles. The van der Waals surface area contributed by atoms with Crippen molar-refractivity contribution in [3.63, 3.8) is 0 Å². The van der Waals surface area contributed by atoms with Crippen LogP contribution in [0.4, 0.5) is 0 Å². The molecule has 6 nitrogen and oxygen atoms in total. The average Bonchev–Trinajstić information content (AvgIpc) is 3.15. The minimum Gasteiger partial charge on any atom is -0.385 e. The van der Waals surface area contributed by atoms with Crippen molar-refractivity contribution in [2.24, 2.45) is 0 Å². The zero-order valence-electron chi connectivity index (χ0n) is 12.7. The lowest BCUT2D eigenvalue weighted by Crippen LogP contribution is -2.27. The summed E-state index contributed by atoms with van der Waals surface area (Å²) in [4.78, 5) is 12.6. The summed E-state index contributed by atoms with van der Waals surface area (Å²) in [5.41, 5.74) is 0. The molecule has 1 amide bonds. The van der Waals surface area contributed by atoms with E-state index in [0.29, 0.717) is 30.5 Å². The molecule has 1 aromatic heterocycles. The molecule has 1 aliphatic rings. The Morgan fingerprint density at radius 1 is 1.36 bits per heavy atom. The predicted octanol–water partition coefficient (Wildman–Crippen LogP) is 1.23. The number of ether oxygens (including phenoxy) is 1. The lowest BCUT2D eigenvalue weighted by molar-refractivity contribution is -0.120. The van der Waals surface area contributed by atoms with E-state index >= 15 is 0 Å². The van der Waals surface area contributed by atoms with Crippen molar-refractivity contribution in [2.75, 3.05) is 33.4 Å². The number of amides is 1. The van der Waals surface area contributed by atoms with E-state index in [-0.39, 0.29) is 12.3 Å². The smallest absolute Gasteiger partial charge is 0.252 e. The van der Waals surface area contributed by atoms with Gasteiger partial charge in [0.15, 0.2) is 0 Å². The first-order valence-electron chi connectivity index (χ1n) is 7.38. The first kappa shape index (κ1) is 17.4. The van der Waals surface area contributed by atoms with Gasteiger partial charge in [0.1, 0.15) is 4.21 Å². The van der Waals surface area contributed by atoms with E-state index in [0.717, 1.165) is 24.1 Å². The minimum absolute atomic E-state index is 0.0944. The second-order valence-corrected chi connectivity index (χ2v) is 8.54. The maximum Gasteiger partial charge on any atom is 0.252 e. The molecule has 2 rings (SSSR count). The van der Waals surface area contributed by atoms with E-state index in [1.165, 1.54) is 15.6 Å². The van der Waals surface area contributed by atoms with Gasteiger partial charge in [-0.1, -0.05) is 0 Å². The Hall–Kier alpha value is -0.960. The number of sulfonamides is 1. The fourth-order valence-electron chi connectivity index (χ4n) is 2.31. The van der Waals surface area contributed by atoms with Gasteiger partial charge in [-0.2, -0.15) is 4.31 Å². The first-order valence-corrected chi connectivity index (χ1v) is 9.64. The fourth-order valence-corrected chi connectivity index (χ4v) is 5.34. The summed E-state index contributed by atoms with van der Waals surface area (Å²) < 4.78 is 31.6. The largest absolute Gasteiger partial charge is 0.385 e. The van der Waals surface area contributed by atoms with Crippen molar-refractivity contribution in [3.8, 4) is 0 Å². The third kappa shape index (κ3) is 4.52.